The van der Waals surface area contributed by atoms with Gasteiger partial charge >= 0.3 is 0 Å². The summed E-state index contributed by atoms with van der Waals surface area (Å²) in [4.78, 5) is 13.7. The van der Waals surface area contributed by atoms with Crippen molar-refractivity contribution in [2.45, 2.75) is 23.4 Å². The van der Waals surface area contributed by atoms with Crippen molar-refractivity contribution in [3.63, 3.8) is 0 Å². The summed E-state index contributed by atoms with van der Waals surface area (Å²) in [6.07, 6.45) is 2.64. The van der Waals surface area contributed by atoms with Crippen LogP contribution in [0, 0.1) is 5.41 Å². The molecule has 1 fully saturated rings. The summed E-state index contributed by atoms with van der Waals surface area (Å²) in [5.74, 6) is 0.167. The number of hydrogen-bond donors (Lipinski definition) is 0. The van der Waals surface area contributed by atoms with E-state index in [9.17, 15) is 4.79 Å². The van der Waals surface area contributed by atoms with Gasteiger partial charge in [0.1, 0.15) is 5.60 Å². The summed E-state index contributed by atoms with van der Waals surface area (Å²) in [7, 11) is 3.24. The van der Waals surface area contributed by atoms with Crippen LogP contribution >= 0.6 is 0 Å². The van der Waals surface area contributed by atoms with Crippen molar-refractivity contribution >= 4 is 5.78 Å². The molecule has 4 nitrogen and oxygen atoms in total. The van der Waals surface area contributed by atoms with Gasteiger partial charge in [0.05, 0.1) is 25.7 Å². The average molecular weight is 374 g/mol. The van der Waals surface area contributed by atoms with E-state index in [2.05, 4.69) is 48.5 Å². The van der Waals surface area contributed by atoms with Gasteiger partial charge in [-0.1, -0.05) is 48.5 Å². The number of carbonyl (C=O) groups excluding carboxylic acids is 1. The summed E-state index contributed by atoms with van der Waals surface area (Å²) in [5, 5.41) is 0. The molecule has 5 aliphatic rings. The molecule has 28 heavy (non-hydrogen) atoms. The third-order valence-corrected chi connectivity index (χ3v) is 7.64. The first-order valence-corrected chi connectivity index (χ1v) is 9.77. The third-order valence-electron chi connectivity index (χ3n) is 7.64. The molecule has 4 heteroatoms. The number of Topliss-reactive ketones (excluding diaryl/α,β-unsaturated/α-hetero) is 1. The van der Waals surface area contributed by atoms with Gasteiger partial charge in [0, 0.05) is 18.4 Å². The fraction of sp³-hybridized carbons (Fsp3) is 0.375. The van der Waals surface area contributed by atoms with Gasteiger partial charge in [0.2, 0.25) is 5.78 Å². The molecule has 1 heterocycles. The normalized spacial score (nSPS) is 36.9. The highest BCUT2D eigenvalue weighted by Crippen LogP contribution is 2.69. The number of benzene rings is 2. The lowest BCUT2D eigenvalue weighted by atomic mass is 9.54. The topological polar surface area (TPSA) is 44.8 Å². The molecule has 0 N–H and O–H groups in total. The Morgan fingerprint density at radius 2 is 1.61 bits per heavy atom. The highest BCUT2D eigenvalue weighted by molar-refractivity contribution is 6.04. The molecule has 2 atom stereocenters. The molecule has 1 aliphatic heterocycles. The summed E-state index contributed by atoms with van der Waals surface area (Å²) in [6.45, 7) is 1.14. The number of ketones is 1. The predicted octanol–water partition coefficient (Wildman–Crippen LogP) is 3.34. The van der Waals surface area contributed by atoms with Crippen LogP contribution in [-0.4, -0.2) is 38.8 Å². The van der Waals surface area contributed by atoms with Crippen LogP contribution in [0.4, 0.5) is 0 Å². The molecule has 0 aromatic heterocycles. The molecule has 142 valence electrons. The van der Waals surface area contributed by atoms with E-state index >= 15 is 0 Å². The second kappa shape index (κ2) is 5.13. The van der Waals surface area contributed by atoms with Gasteiger partial charge in [-0.3, -0.25) is 4.79 Å². The molecular formula is C24H22O4. The molecule has 0 saturated carbocycles. The summed E-state index contributed by atoms with van der Waals surface area (Å²) >= 11 is 0. The number of methoxy groups -OCH3 is 2. The van der Waals surface area contributed by atoms with Crippen molar-refractivity contribution in [3.8, 4) is 0 Å². The highest BCUT2D eigenvalue weighted by atomic mass is 16.5. The maximum atomic E-state index is 13.7. The van der Waals surface area contributed by atoms with Crippen LogP contribution in [-0.2, 0) is 24.4 Å². The van der Waals surface area contributed by atoms with E-state index in [0.717, 1.165) is 0 Å². The molecule has 4 aliphatic carbocycles. The summed E-state index contributed by atoms with van der Waals surface area (Å²) in [6, 6.07) is 17.0. The largest absolute Gasteiger partial charge is 0.493 e. The van der Waals surface area contributed by atoms with Crippen molar-refractivity contribution in [2.75, 3.05) is 27.4 Å². The van der Waals surface area contributed by atoms with E-state index in [1.165, 1.54) is 22.3 Å². The van der Waals surface area contributed by atoms with Gasteiger partial charge < -0.3 is 14.2 Å². The van der Waals surface area contributed by atoms with Crippen LogP contribution in [0.1, 0.15) is 34.6 Å². The molecule has 2 spiro atoms. The molecule has 0 amide bonds. The lowest BCUT2D eigenvalue weighted by Gasteiger charge is -2.46. The number of hydrogen-bond acceptors (Lipinski definition) is 4. The van der Waals surface area contributed by atoms with Crippen molar-refractivity contribution in [1.29, 1.82) is 0 Å². The Kier molecular flexibility index (Phi) is 3.03. The maximum absolute atomic E-state index is 13.7. The zero-order chi connectivity index (χ0) is 19.1. The molecular weight excluding hydrogens is 352 g/mol. The minimum atomic E-state index is -1.00. The average Bonchev–Trinajstić information content (AvgIpc) is 3.03. The Labute approximate surface area is 164 Å². The lowest BCUT2D eigenvalue weighted by Crippen LogP contribution is -2.54. The van der Waals surface area contributed by atoms with Gasteiger partial charge in [-0.15, -0.1) is 0 Å². The molecule has 1 saturated heterocycles. The molecule has 7 rings (SSSR count). The maximum Gasteiger partial charge on any atom is 0.229 e. The van der Waals surface area contributed by atoms with Crippen LogP contribution < -0.4 is 0 Å². The second-order valence-corrected chi connectivity index (χ2v) is 8.47. The number of ether oxygens (including phenoxy) is 3. The zero-order valence-corrected chi connectivity index (χ0v) is 16.0. The highest BCUT2D eigenvalue weighted by Gasteiger charge is 2.71. The second-order valence-electron chi connectivity index (χ2n) is 8.47. The lowest BCUT2D eigenvalue weighted by molar-refractivity contribution is -0.148. The SMILES string of the molecule is COC1=CC23COCC24c2ccccc2C(c2ccccc24)C(OC)(C3)C1=O. The van der Waals surface area contributed by atoms with Crippen LogP contribution in [0.5, 0.6) is 0 Å². The van der Waals surface area contributed by atoms with E-state index in [0.29, 0.717) is 25.4 Å². The van der Waals surface area contributed by atoms with Gasteiger partial charge in [-0.25, -0.2) is 0 Å². The quantitative estimate of drug-likeness (QED) is 0.809. The van der Waals surface area contributed by atoms with Crippen LogP contribution in [0.25, 0.3) is 0 Å². The first-order valence-electron chi connectivity index (χ1n) is 9.77. The van der Waals surface area contributed by atoms with Gasteiger partial charge in [-0.05, 0) is 34.8 Å². The first-order chi connectivity index (χ1) is 13.6. The van der Waals surface area contributed by atoms with E-state index in [4.69, 9.17) is 14.2 Å². The Balaban J connectivity index is 1.85. The Morgan fingerprint density at radius 3 is 2.21 bits per heavy atom. The molecule has 2 aromatic rings. The number of carbonyl (C=O) groups is 1. The fourth-order valence-corrected chi connectivity index (χ4v) is 6.59. The first kappa shape index (κ1) is 16.5. The van der Waals surface area contributed by atoms with Gasteiger partial charge in [-0.2, -0.15) is 0 Å². The van der Waals surface area contributed by atoms with Crippen LogP contribution in [0.15, 0.2) is 60.4 Å². The van der Waals surface area contributed by atoms with E-state index in [1.807, 2.05) is 6.08 Å². The van der Waals surface area contributed by atoms with Crippen LogP contribution in [0.2, 0.25) is 0 Å². The Bertz CT molecular complexity index is 1010. The summed E-state index contributed by atoms with van der Waals surface area (Å²) < 4.78 is 18.0. The van der Waals surface area contributed by atoms with Crippen molar-refractivity contribution in [2.24, 2.45) is 5.41 Å². The van der Waals surface area contributed by atoms with Crippen molar-refractivity contribution < 1.29 is 19.0 Å². The predicted molar refractivity (Wildman–Crippen MR) is 103 cm³/mol. The van der Waals surface area contributed by atoms with Crippen LogP contribution in [0.3, 0.4) is 0 Å². The van der Waals surface area contributed by atoms with Crippen molar-refractivity contribution in [3.05, 3.63) is 82.6 Å². The Hall–Kier alpha value is -2.43. The fourth-order valence-electron chi connectivity index (χ4n) is 6.59. The monoisotopic (exact) mass is 374 g/mol. The number of rotatable bonds is 2. The minimum absolute atomic E-state index is 0.0673. The van der Waals surface area contributed by atoms with E-state index in [1.54, 1.807) is 14.2 Å². The van der Waals surface area contributed by atoms with E-state index < -0.39 is 5.60 Å². The zero-order valence-electron chi connectivity index (χ0n) is 16.0. The molecule has 2 unspecified atom stereocenters. The summed E-state index contributed by atoms with van der Waals surface area (Å²) in [5.41, 5.74) is 3.14. The van der Waals surface area contributed by atoms with Gasteiger partial charge in [0.15, 0.2) is 5.76 Å². The minimum Gasteiger partial charge on any atom is -0.493 e. The van der Waals surface area contributed by atoms with Gasteiger partial charge in [0.25, 0.3) is 0 Å². The molecule has 4 bridgehead atoms. The Morgan fingerprint density at radius 1 is 0.964 bits per heavy atom. The molecule has 0 radical (unpaired) electrons. The third kappa shape index (κ3) is 1.53. The standard InChI is InChI=1S/C24H22O4/c1-26-19-11-22-12-24(27-2,21(19)25)20-15-7-3-5-9-17(15)23(22,14-28-13-22)18-10-6-4-8-16(18)20/h3-11,20H,12-14H2,1-2H3. The molecule has 2 aromatic carbocycles. The smallest absolute Gasteiger partial charge is 0.229 e. The van der Waals surface area contributed by atoms with E-state index in [-0.39, 0.29) is 22.5 Å². The van der Waals surface area contributed by atoms with Crippen molar-refractivity contribution in [1.82, 2.24) is 0 Å².